The molecule has 0 amide bonds. The summed E-state index contributed by atoms with van der Waals surface area (Å²) in [7, 11) is 1.40. The molecule has 10 heteroatoms. The number of imidazole rings is 1. The third-order valence-electron chi connectivity index (χ3n) is 3.46. The van der Waals surface area contributed by atoms with Crippen LogP contribution in [-0.2, 0) is 9.47 Å². The van der Waals surface area contributed by atoms with Gasteiger partial charge in [-0.15, -0.1) is 0 Å². The first-order valence-electron chi connectivity index (χ1n) is 6.19. The molecule has 21 heavy (non-hydrogen) atoms. The molecule has 0 bridgehead atoms. The quantitative estimate of drug-likeness (QED) is 0.604. The van der Waals surface area contributed by atoms with Crippen molar-refractivity contribution in [2.45, 2.75) is 24.5 Å². The zero-order valence-corrected chi connectivity index (χ0v) is 11.0. The van der Waals surface area contributed by atoms with Gasteiger partial charge in [0.15, 0.2) is 23.2 Å². The van der Waals surface area contributed by atoms with Crippen molar-refractivity contribution in [2.24, 2.45) is 0 Å². The van der Waals surface area contributed by atoms with E-state index in [1.807, 2.05) is 0 Å². The fourth-order valence-corrected chi connectivity index (χ4v) is 2.44. The highest BCUT2D eigenvalue weighted by atomic mass is 19.1. The molecule has 1 aliphatic heterocycles. The minimum atomic E-state index is -1.04. The van der Waals surface area contributed by atoms with Gasteiger partial charge in [0, 0.05) is 7.11 Å². The van der Waals surface area contributed by atoms with Gasteiger partial charge in [0.1, 0.15) is 18.3 Å². The number of aliphatic hydroxyl groups is 2. The Morgan fingerprint density at radius 1 is 1.52 bits per heavy atom. The molecule has 2 aromatic rings. The Morgan fingerprint density at radius 3 is 2.95 bits per heavy atom. The fourth-order valence-electron chi connectivity index (χ4n) is 2.44. The summed E-state index contributed by atoms with van der Waals surface area (Å²) in [5.74, 6) is -0.0949. The Kier molecular flexibility index (Phi) is 3.45. The third kappa shape index (κ3) is 2.12. The highest BCUT2D eigenvalue weighted by Crippen LogP contribution is 2.33. The molecule has 1 fully saturated rings. The van der Waals surface area contributed by atoms with Crippen LogP contribution in [0.15, 0.2) is 6.33 Å². The number of aromatic nitrogens is 4. The van der Waals surface area contributed by atoms with E-state index >= 15 is 0 Å². The zero-order valence-electron chi connectivity index (χ0n) is 11.0. The second-order valence-corrected chi connectivity index (χ2v) is 4.64. The van der Waals surface area contributed by atoms with Crippen molar-refractivity contribution in [3.63, 3.8) is 0 Å². The van der Waals surface area contributed by atoms with E-state index in [-0.39, 0.29) is 23.6 Å². The van der Waals surface area contributed by atoms with Crippen molar-refractivity contribution in [1.82, 2.24) is 19.5 Å². The van der Waals surface area contributed by atoms with Gasteiger partial charge in [0.05, 0.1) is 12.9 Å². The molecule has 3 rings (SSSR count). The topological polar surface area (TPSA) is 129 Å². The zero-order chi connectivity index (χ0) is 15.1. The smallest absolute Gasteiger partial charge is 0.312 e. The molecule has 2 aromatic heterocycles. The molecule has 0 spiro atoms. The maximum absolute atomic E-state index is 13.3. The maximum atomic E-state index is 13.3. The van der Waals surface area contributed by atoms with E-state index in [4.69, 9.17) is 15.2 Å². The largest absolute Gasteiger partial charge is 0.394 e. The number of aliphatic hydroxyl groups excluding tert-OH is 2. The van der Waals surface area contributed by atoms with E-state index in [9.17, 15) is 14.6 Å². The molecule has 2 unspecified atom stereocenters. The van der Waals surface area contributed by atoms with Crippen LogP contribution >= 0.6 is 0 Å². The molecular weight excluding hydrogens is 285 g/mol. The van der Waals surface area contributed by atoms with E-state index in [0.717, 1.165) is 0 Å². The van der Waals surface area contributed by atoms with Gasteiger partial charge in [0.25, 0.3) is 0 Å². The molecule has 4 N–H and O–H groups in total. The van der Waals surface area contributed by atoms with E-state index in [1.54, 1.807) is 0 Å². The first-order chi connectivity index (χ1) is 10.1. The monoisotopic (exact) mass is 299 g/mol. The Morgan fingerprint density at radius 2 is 2.29 bits per heavy atom. The standard InChI is InChI=1S/C11H14FN5O4/c1-20-7-6(19)4(2-18)21-10(7)17-3-14-5-8(13)15-11(12)16-9(5)17/h3-4,6-7,10,18-19H,2H2,1H3,(H2,13,15,16)/t4-,6?,7?,10-/m1/s1. The molecule has 0 aromatic carbocycles. The first-order valence-corrected chi connectivity index (χ1v) is 6.19. The second kappa shape index (κ2) is 5.15. The second-order valence-electron chi connectivity index (χ2n) is 4.64. The Bertz CT molecular complexity index is 665. The summed E-state index contributed by atoms with van der Waals surface area (Å²) in [6.45, 7) is -0.379. The maximum Gasteiger partial charge on any atom is 0.312 e. The van der Waals surface area contributed by atoms with Crippen molar-refractivity contribution in [3.8, 4) is 0 Å². The number of methoxy groups -OCH3 is 1. The van der Waals surface area contributed by atoms with Gasteiger partial charge < -0.3 is 25.4 Å². The summed E-state index contributed by atoms with van der Waals surface area (Å²) in [6, 6.07) is 0. The van der Waals surface area contributed by atoms with E-state index in [0.29, 0.717) is 0 Å². The van der Waals surface area contributed by atoms with Crippen LogP contribution < -0.4 is 5.73 Å². The predicted octanol–water partition coefficient (Wildman–Crippen LogP) is -1.19. The summed E-state index contributed by atoms with van der Waals surface area (Å²) in [4.78, 5) is 11.1. The molecule has 9 nitrogen and oxygen atoms in total. The number of hydrogen-bond donors (Lipinski definition) is 3. The lowest BCUT2D eigenvalue weighted by Gasteiger charge is -2.19. The molecule has 0 aliphatic carbocycles. The van der Waals surface area contributed by atoms with Crippen LogP contribution in [0.4, 0.5) is 10.2 Å². The van der Waals surface area contributed by atoms with Gasteiger partial charge in [-0.3, -0.25) is 4.57 Å². The van der Waals surface area contributed by atoms with E-state index in [2.05, 4.69) is 15.0 Å². The summed E-state index contributed by atoms with van der Waals surface area (Å²) in [5, 5.41) is 19.2. The Balaban J connectivity index is 2.08. The van der Waals surface area contributed by atoms with Crippen LogP contribution in [0.25, 0.3) is 11.2 Å². The van der Waals surface area contributed by atoms with E-state index in [1.165, 1.54) is 18.0 Å². The lowest BCUT2D eigenvalue weighted by molar-refractivity contribution is -0.0583. The number of nitrogens with zero attached hydrogens (tertiary/aromatic N) is 4. The number of rotatable bonds is 3. The molecule has 0 radical (unpaired) electrons. The molecule has 3 heterocycles. The summed E-state index contributed by atoms with van der Waals surface area (Å²) in [6.07, 6.45) is -3.08. The SMILES string of the molecule is COC1C(O)[C@@H](CO)O[C@H]1n1cnc2c(N)nc(F)nc21. The van der Waals surface area contributed by atoms with Gasteiger partial charge >= 0.3 is 6.08 Å². The van der Waals surface area contributed by atoms with Crippen molar-refractivity contribution in [3.05, 3.63) is 12.4 Å². The van der Waals surface area contributed by atoms with Crippen LogP contribution in [0.1, 0.15) is 6.23 Å². The lowest BCUT2D eigenvalue weighted by atomic mass is 10.1. The predicted molar refractivity (Wildman–Crippen MR) is 67.5 cm³/mol. The van der Waals surface area contributed by atoms with Gasteiger partial charge in [-0.25, -0.2) is 4.98 Å². The minimum absolute atomic E-state index is 0.0949. The van der Waals surface area contributed by atoms with Crippen molar-refractivity contribution in [2.75, 3.05) is 19.5 Å². The molecule has 114 valence electrons. The van der Waals surface area contributed by atoms with Crippen LogP contribution in [0.3, 0.4) is 0 Å². The number of fused-ring (bicyclic) bond motifs is 1. The molecule has 1 saturated heterocycles. The average molecular weight is 299 g/mol. The van der Waals surface area contributed by atoms with Crippen molar-refractivity contribution < 1.29 is 24.1 Å². The third-order valence-corrected chi connectivity index (χ3v) is 3.46. The minimum Gasteiger partial charge on any atom is -0.394 e. The normalized spacial score (nSPS) is 29.3. The van der Waals surface area contributed by atoms with E-state index < -0.39 is 30.6 Å². The highest BCUT2D eigenvalue weighted by Gasteiger charge is 2.45. The number of hydrogen-bond acceptors (Lipinski definition) is 8. The number of halogens is 1. The summed E-state index contributed by atoms with van der Waals surface area (Å²) in [5.41, 5.74) is 5.93. The van der Waals surface area contributed by atoms with Crippen LogP contribution in [-0.4, -0.2) is 61.8 Å². The number of anilines is 1. The lowest BCUT2D eigenvalue weighted by Crippen LogP contribution is -2.34. The number of nitrogen functional groups attached to an aromatic ring is 1. The Labute approximate surface area is 118 Å². The number of nitrogens with two attached hydrogens (primary N) is 1. The van der Waals surface area contributed by atoms with Crippen molar-refractivity contribution >= 4 is 17.0 Å². The Hall–Kier alpha value is -1.88. The molecular formula is C11H14FN5O4. The van der Waals surface area contributed by atoms with Crippen LogP contribution in [0.5, 0.6) is 0 Å². The van der Waals surface area contributed by atoms with Gasteiger partial charge in [-0.1, -0.05) is 0 Å². The molecule has 4 atom stereocenters. The van der Waals surface area contributed by atoms with Crippen molar-refractivity contribution in [1.29, 1.82) is 0 Å². The molecule has 1 aliphatic rings. The van der Waals surface area contributed by atoms with Gasteiger partial charge in [-0.2, -0.15) is 14.4 Å². The highest BCUT2D eigenvalue weighted by molar-refractivity contribution is 5.81. The van der Waals surface area contributed by atoms with Crippen LogP contribution in [0, 0.1) is 6.08 Å². The first kappa shape index (κ1) is 14.1. The fraction of sp³-hybridized carbons (Fsp3) is 0.545. The summed E-state index contributed by atoms with van der Waals surface area (Å²) < 4.78 is 25.5. The number of ether oxygens (including phenoxy) is 2. The molecule has 0 saturated carbocycles. The summed E-state index contributed by atoms with van der Waals surface area (Å²) >= 11 is 0. The van der Waals surface area contributed by atoms with Gasteiger partial charge in [0.2, 0.25) is 0 Å². The van der Waals surface area contributed by atoms with Gasteiger partial charge in [-0.05, 0) is 0 Å². The van der Waals surface area contributed by atoms with Crippen LogP contribution in [0.2, 0.25) is 0 Å². The average Bonchev–Trinajstić information content (AvgIpc) is 2.99.